The van der Waals surface area contributed by atoms with Gasteiger partial charge in [0, 0.05) is 25.0 Å². The first-order valence-electron chi connectivity index (χ1n) is 5.66. The first-order valence-corrected chi connectivity index (χ1v) is 5.66. The van der Waals surface area contributed by atoms with Crippen molar-refractivity contribution >= 4 is 11.9 Å². The Morgan fingerprint density at radius 3 is 2.79 bits per heavy atom. The number of imidazole rings is 1. The van der Waals surface area contributed by atoms with Crippen molar-refractivity contribution in [1.29, 1.82) is 0 Å². The molecule has 0 radical (unpaired) electrons. The zero-order valence-corrected chi connectivity index (χ0v) is 10.2. The van der Waals surface area contributed by atoms with Crippen LogP contribution in [0.5, 0.6) is 0 Å². The highest BCUT2D eigenvalue weighted by Gasteiger charge is 2.16. The number of carboxylic acid groups (broad SMARTS) is 1. The van der Waals surface area contributed by atoms with Gasteiger partial charge in [-0.2, -0.15) is 0 Å². The quantitative estimate of drug-likeness (QED) is 0.838. The van der Waals surface area contributed by atoms with E-state index in [9.17, 15) is 9.59 Å². The van der Waals surface area contributed by atoms with Gasteiger partial charge in [0.2, 0.25) is 5.76 Å². The fourth-order valence-electron chi connectivity index (χ4n) is 1.63. The van der Waals surface area contributed by atoms with Crippen molar-refractivity contribution in [2.24, 2.45) is 0 Å². The molecule has 19 heavy (non-hydrogen) atoms. The summed E-state index contributed by atoms with van der Waals surface area (Å²) in [6.07, 6.45) is 5.09. The summed E-state index contributed by atoms with van der Waals surface area (Å²) in [5.74, 6) is -1.92. The number of rotatable bonds is 5. The van der Waals surface area contributed by atoms with Crippen LogP contribution in [-0.4, -0.2) is 32.6 Å². The third-order valence-electron chi connectivity index (χ3n) is 2.46. The second kappa shape index (κ2) is 5.38. The number of carboxylic acids is 1. The van der Waals surface area contributed by atoms with E-state index in [-0.39, 0.29) is 17.6 Å². The number of hydrogen-bond acceptors (Lipinski definition) is 4. The predicted molar refractivity (Wildman–Crippen MR) is 64.8 cm³/mol. The van der Waals surface area contributed by atoms with Gasteiger partial charge in [0.05, 0.1) is 6.33 Å². The minimum absolute atomic E-state index is 0.0186. The Labute approximate surface area is 108 Å². The van der Waals surface area contributed by atoms with Crippen LogP contribution in [-0.2, 0) is 6.54 Å². The molecule has 2 N–H and O–H groups in total. The number of nitrogens with zero attached hydrogens (tertiary/aromatic N) is 2. The van der Waals surface area contributed by atoms with E-state index in [0.717, 1.165) is 0 Å². The van der Waals surface area contributed by atoms with Crippen LogP contribution in [0.2, 0.25) is 0 Å². The molecule has 1 unspecified atom stereocenters. The van der Waals surface area contributed by atoms with Gasteiger partial charge in [0.15, 0.2) is 5.76 Å². The number of amides is 1. The van der Waals surface area contributed by atoms with Crippen molar-refractivity contribution in [3.63, 3.8) is 0 Å². The maximum atomic E-state index is 11.8. The summed E-state index contributed by atoms with van der Waals surface area (Å²) in [6, 6.07) is 2.45. The zero-order chi connectivity index (χ0) is 13.8. The second-order valence-corrected chi connectivity index (χ2v) is 4.10. The first-order chi connectivity index (χ1) is 9.06. The van der Waals surface area contributed by atoms with Crippen molar-refractivity contribution in [2.45, 2.75) is 19.5 Å². The number of carbonyl (C=O) groups is 2. The lowest BCUT2D eigenvalue weighted by Gasteiger charge is -2.13. The van der Waals surface area contributed by atoms with E-state index in [1.54, 1.807) is 18.7 Å². The number of carbonyl (C=O) groups excluding carboxylic acids is 1. The van der Waals surface area contributed by atoms with E-state index in [0.29, 0.717) is 6.54 Å². The third-order valence-corrected chi connectivity index (χ3v) is 2.46. The van der Waals surface area contributed by atoms with E-state index in [2.05, 4.69) is 10.3 Å². The molecule has 0 saturated heterocycles. The van der Waals surface area contributed by atoms with E-state index >= 15 is 0 Å². The first kappa shape index (κ1) is 12.9. The zero-order valence-electron chi connectivity index (χ0n) is 10.2. The van der Waals surface area contributed by atoms with E-state index in [1.807, 2.05) is 11.5 Å². The van der Waals surface area contributed by atoms with Crippen LogP contribution in [0, 0.1) is 0 Å². The molecule has 0 aliphatic rings. The molecule has 7 nitrogen and oxygen atoms in total. The van der Waals surface area contributed by atoms with Crippen LogP contribution >= 0.6 is 0 Å². The highest BCUT2D eigenvalue weighted by Crippen LogP contribution is 2.08. The van der Waals surface area contributed by atoms with E-state index in [4.69, 9.17) is 9.52 Å². The number of hydrogen-bond donors (Lipinski definition) is 2. The van der Waals surface area contributed by atoms with E-state index in [1.165, 1.54) is 12.1 Å². The summed E-state index contributed by atoms with van der Waals surface area (Å²) in [5.41, 5.74) is 0. The minimum Gasteiger partial charge on any atom is -0.475 e. The van der Waals surface area contributed by atoms with Crippen LogP contribution in [0.25, 0.3) is 0 Å². The fraction of sp³-hybridized carbons (Fsp3) is 0.250. The molecule has 2 rings (SSSR count). The van der Waals surface area contributed by atoms with Crippen LogP contribution in [0.4, 0.5) is 0 Å². The summed E-state index contributed by atoms with van der Waals surface area (Å²) >= 11 is 0. The summed E-state index contributed by atoms with van der Waals surface area (Å²) < 4.78 is 6.74. The maximum Gasteiger partial charge on any atom is 0.371 e. The van der Waals surface area contributed by atoms with Gasteiger partial charge in [-0.3, -0.25) is 4.79 Å². The summed E-state index contributed by atoms with van der Waals surface area (Å²) in [6.45, 7) is 2.40. The Balaban J connectivity index is 1.94. The second-order valence-electron chi connectivity index (χ2n) is 4.10. The largest absolute Gasteiger partial charge is 0.475 e. The predicted octanol–water partition coefficient (Wildman–Crippen LogP) is 0.993. The molecule has 0 saturated carbocycles. The number of furan rings is 1. The van der Waals surface area contributed by atoms with Crippen molar-refractivity contribution < 1.29 is 19.1 Å². The molecule has 0 bridgehead atoms. The summed E-state index contributed by atoms with van der Waals surface area (Å²) in [7, 11) is 0. The van der Waals surface area contributed by atoms with Crippen molar-refractivity contribution in [2.75, 3.05) is 0 Å². The van der Waals surface area contributed by atoms with Gasteiger partial charge in [0.25, 0.3) is 5.91 Å². The normalized spacial score (nSPS) is 12.1. The van der Waals surface area contributed by atoms with Gasteiger partial charge >= 0.3 is 5.97 Å². The molecule has 0 aliphatic heterocycles. The molecular formula is C12H13N3O4. The Morgan fingerprint density at radius 1 is 1.47 bits per heavy atom. The van der Waals surface area contributed by atoms with Gasteiger partial charge < -0.3 is 19.4 Å². The Morgan fingerprint density at radius 2 is 2.21 bits per heavy atom. The molecule has 1 amide bonds. The molecule has 2 aromatic heterocycles. The number of aromatic carboxylic acids is 1. The standard InChI is InChI=1S/C12H13N3O4/c1-8(6-15-5-4-13-7-15)14-11(16)9-2-3-10(19-9)12(17)18/h2-5,7-8H,6H2,1H3,(H,14,16)(H,17,18). The van der Waals surface area contributed by atoms with Gasteiger partial charge in [-0.1, -0.05) is 0 Å². The van der Waals surface area contributed by atoms with Crippen molar-refractivity contribution in [1.82, 2.24) is 14.9 Å². The van der Waals surface area contributed by atoms with E-state index < -0.39 is 11.9 Å². The molecule has 0 aliphatic carbocycles. The van der Waals surface area contributed by atoms with Crippen molar-refractivity contribution in [3.05, 3.63) is 42.4 Å². The van der Waals surface area contributed by atoms with Crippen molar-refractivity contribution in [3.8, 4) is 0 Å². The molecule has 0 spiro atoms. The molecule has 0 aromatic carbocycles. The SMILES string of the molecule is CC(Cn1ccnc1)NC(=O)c1ccc(C(=O)O)o1. The molecule has 1 atom stereocenters. The topological polar surface area (TPSA) is 97.4 Å². The lowest BCUT2D eigenvalue weighted by molar-refractivity contribution is 0.0659. The molecule has 100 valence electrons. The molecular weight excluding hydrogens is 250 g/mol. The van der Waals surface area contributed by atoms with Crippen LogP contribution in [0.15, 0.2) is 35.3 Å². The highest BCUT2D eigenvalue weighted by atomic mass is 16.4. The Hall–Kier alpha value is -2.57. The number of aromatic nitrogens is 2. The Bertz CT molecular complexity index is 574. The van der Waals surface area contributed by atoms with Gasteiger partial charge in [-0.15, -0.1) is 0 Å². The molecule has 2 aromatic rings. The lowest BCUT2D eigenvalue weighted by atomic mass is 10.3. The van der Waals surface area contributed by atoms with Gasteiger partial charge in [-0.25, -0.2) is 9.78 Å². The molecule has 2 heterocycles. The summed E-state index contributed by atoms with van der Waals surface area (Å²) in [4.78, 5) is 26.3. The number of nitrogens with one attached hydrogen (secondary N) is 1. The lowest BCUT2D eigenvalue weighted by Crippen LogP contribution is -2.35. The fourth-order valence-corrected chi connectivity index (χ4v) is 1.63. The van der Waals surface area contributed by atoms with Gasteiger partial charge in [-0.05, 0) is 19.1 Å². The molecule has 7 heteroatoms. The highest BCUT2D eigenvalue weighted by molar-refractivity contribution is 5.93. The monoisotopic (exact) mass is 263 g/mol. The average Bonchev–Trinajstić information content (AvgIpc) is 2.98. The van der Waals surface area contributed by atoms with Gasteiger partial charge in [0.1, 0.15) is 0 Å². The minimum atomic E-state index is -1.20. The summed E-state index contributed by atoms with van der Waals surface area (Å²) in [5, 5.41) is 11.4. The van der Waals surface area contributed by atoms with Crippen LogP contribution in [0.1, 0.15) is 28.0 Å². The van der Waals surface area contributed by atoms with Crippen LogP contribution in [0.3, 0.4) is 0 Å². The molecule has 0 fully saturated rings. The smallest absolute Gasteiger partial charge is 0.371 e. The Kier molecular flexibility index (Phi) is 3.65. The van der Waals surface area contributed by atoms with Crippen LogP contribution < -0.4 is 5.32 Å². The maximum absolute atomic E-state index is 11.8. The third kappa shape index (κ3) is 3.21. The average molecular weight is 263 g/mol.